The van der Waals surface area contributed by atoms with Gasteiger partial charge in [0.15, 0.2) is 17.5 Å². The van der Waals surface area contributed by atoms with Gasteiger partial charge in [-0.1, -0.05) is 12.1 Å². The Morgan fingerprint density at radius 3 is 2.52 bits per heavy atom. The molecule has 1 unspecified atom stereocenters. The SMILES string of the molecule is O=C(CC(O)c1cccc(F)c1)NNc1ccc(F)c(F)c1F. The van der Waals surface area contributed by atoms with E-state index in [0.717, 1.165) is 12.1 Å². The lowest BCUT2D eigenvalue weighted by atomic mass is 10.1. The molecule has 0 heterocycles. The van der Waals surface area contributed by atoms with Crippen molar-refractivity contribution in [3.63, 3.8) is 0 Å². The summed E-state index contributed by atoms with van der Waals surface area (Å²) in [7, 11) is 0. The smallest absolute Gasteiger partial charge is 0.241 e. The minimum atomic E-state index is -1.68. The number of hydrogen-bond acceptors (Lipinski definition) is 3. The second-order valence-electron chi connectivity index (χ2n) is 4.67. The van der Waals surface area contributed by atoms with E-state index in [-0.39, 0.29) is 5.56 Å². The van der Waals surface area contributed by atoms with Gasteiger partial charge in [0.2, 0.25) is 5.91 Å². The number of aliphatic hydroxyl groups excluding tert-OH is 1. The van der Waals surface area contributed by atoms with E-state index in [1.54, 1.807) is 0 Å². The minimum absolute atomic E-state index is 0.194. The van der Waals surface area contributed by atoms with Crippen LogP contribution in [0.1, 0.15) is 18.1 Å². The number of amides is 1. The molecular formula is C15H12F4N2O2. The average Bonchev–Trinajstić information content (AvgIpc) is 2.52. The van der Waals surface area contributed by atoms with Crippen LogP contribution in [0.15, 0.2) is 36.4 Å². The number of anilines is 1. The van der Waals surface area contributed by atoms with Crippen LogP contribution in [0.3, 0.4) is 0 Å². The third-order valence-corrected chi connectivity index (χ3v) is 2.98. The van der Waals surface area contributed by atoms with Crippen LogP contribution in [-0.2, 0) is 4.79 Å². The maximum atomic E-state index is 13.4. The van der Waals surface area contributed by atoms with Gasteiger partial charge >= 0.3 is 0 Å². The number of carbonyl (C=O) groups excluding carboxylic acids is 1. The second-order valence-corrected chi connectivity index (χ2v) is 4.67. The van der Waals surface area contributed by atoms with Crippen molar-refractivity contribution in [2.45, 2.75) is 12.5 Å². The molecule has 3 N–H and O–H groups in total. The van der Waals surface area contributed by atoms with Gasteiger partial charge in [-0.15, -0.1) is 0 Å². The van der Waals surface area contributed by atoms with Crippen molar-refractivity contribution in [1.82, 2.24) is 5.43 Å². The standard InChI is InChI=1S/C15H12F4N2O2/c16-9-3-1-2-8(6-9)12(22)7-13(23)21-20-11-5-4-10(17)14(18)15(11)19/h1-6,12,20,22H,7H2,(H,21,23). The monoisotopic (exact) mass is 328 g/mol. The molecule has 0 aliphatic heterocycles. The number of benzene rings is 2. The Balaban J connectivity index is 1.94. The first kappa shape index (κ1) is 16.8. The maximum Gasteiger partial charge on any atom is 0.241 e. The van der Waals surface area contributed by atoms with Gasteiger partial charge in [0.05, 0.1) is 18.2 Å². The molecule has 0 aliphatic carbocycles. The Morgan fingerprint density at radius 2 is 1.83 bits per heavy atom. The Hall–Kier alpha value is -2.61. The van der Waals surface area contributed by atoms with E-state index in [0.29, 0.717) is 6.07 Å². The molecule has 2 aromatic carbocycles. The highest BCUT2D eigenvalue weighted by Crippen LogP contribution is 2.20. The van der Waals surface area contributed by atoms with Crippen molar-refractivity contribution < 1.29 is 27.5 Å². The van der Waals surface area contributed by atoms with Crippen molar-refractivity contribution in [3.8, 4) is 0 Å². The molecule has 0 bridgehead atoms. The number of nitrogens with one attached hydrogen (secondary N) is 2. The molecule has 2 aromatic rings. The average molecular weight is 328 g/mol. The molecule has 1 atom stereocenters. The molecule has 0 spiro atoms. The summed E-state index contributed by atoms with van der Waals surface area (Å²) in [5.74, 6) is -5.85. The van der Waals surface area contributed by atoms with Crippen molar-refractivity contribution in [1.29, 1.82) is 0 Å². The van der Waals surface area contributed by atoms with E-state index in [2.05, 4.69) is 5.43 Å². The first-order chi connectivity index (χ1) is 10.9. The Kier molecular flexibility index (Phi) is 5.17. The van der Waals surface area contributed by atoms with Gasteiger partial charge in [-0.3, -0.25) is 15.6 Å². The number of rotatable bonds is 5. The molecule has 2 rings (SSSR count). The molecule has 0 aromatic heterocycles. The summed E-state index contributed by atoms with van der Waals surface area (Å²) in [6.07, 6.45) is -1.72. The van der Waals surface area contributed by atoms with Gasteiger partial charge in [0.1, 0.15) is 5.82 Å². The van der Waals surface area contributed by atoms with Crippen LogP contribution >= 0.6 is 0 Å². The highest BCUT2D eigenvalue weighted by Gasteiger charge is 2.16. The minimum Gasteiger partial charge on any atom is -0.388 e. The van der Waals surface area contributed by atoms with E-state index in [9.17, 15) is 27.5 Å². The van der Waals surface area contributed by atoms with Crippen LogP contribution in [0.4, 0.5) is 23.2 Å². The molecule has 1 amide bonds. The normalized spacial score (nSPS) is 11.9. The lowest BCUT2D eigenvalue weighted by Gasteiger charge is -2.13. The van der Waals surface area contributed by atoms with Crippen LogP contribution in [-0.4, -0.2) is 11.0 Å². The molecule has 4 nitrogen and oxygen atoms in total. The summed E-state index contributed by atoms with van der Waals surface area (Å²) >= 11 is 0. The molecule has 0 radical (unpaired) electrons. The van der Waals surface area contributed by atoms with E-state index < -0.39 is 47.4 Å². The van der Waals surface area contributed by atoms with Crippen LogP contribution in [0.2, 0.25) is 0 Å². The Bertz CT molecular complexity index is 725. The molecule has 0 saturated heterocycles. The molecule has 0 aliphatic rings. The zero-order valence-corrected chi connectivity index (χ0v) is 11.6. The summed E-state index contributed by atoms with van der Waals surface area (Å²) in [5, 5.41) is 9.81. The summed E-state index contributed by atoms with van der Waals surface area (Å²) in [6.45, 7) is 0. The first-order valence-corrected chi connectivity index (χ1v) is 6.50. The first-order valence-electron chi connectivity index (χ1n) is 6.50. The third kappa shape index (κ3) is 4.19. The zero-order valence-electron chi connectivity index (χ0n) is 11.6. The topological polar surface area (TPSA) is 61.4 Å². The number of halogens is 4. The van der Waals surface area contributed by atoms with Crippen LogP contribution in [0.5, 0.6) is 0 Å². The largest absolute Gasteiger partial charge is 0.388 e. The predicted molar refractivity (Wildman–Crippen MR) is 74.1 cm³/mol. The van der Waals surface area contributed by atoms with Crippen molar-refractivity contribution in [3.05, 3.63) is 65.2 Å². The molecule has 8 heteroatoms. The van der Waals surface area contributed by atoms with Gasteiger partial charge in [0.25, 0.3) is 0 Å². The third-order valence-electron chi connectivity index (χ3n) is 2.98. The Morgan fingerprint density at radius 1 is 1.09 bits per heavy atom. The van der Waals surface area contributed by atoms with E-state index in [4.69, 9.17) is 0 Å². The summed E-state index contributed by atoms with van der Waals surface area (Å²) in [5.41, 5.74) is 3.83. The zero-order chi connectivity index (χ0) is 17.0. The molecule has 0 fully saturated rings. The number of aliphatic hydroxyl groups is 1. The molecular weight excluding hydrogens is 316 g/mol. The van der Waals surface area contributed by atoms with Gasteiger partial charge in [-0.2, -0.15) is 0 Å². The fourth-order valence-electron chi connectivity index (χ4n) is 1.82. The van der Waals surface area contributed by atoms with Gasteiger partial charge < -0.3 is 5.11 Å². The van der Waals surface area contributed by atoms with E-state index >= 15 is 0 Å². The van der Waals surface area contributed by atoms with Crippen molar-refractivity contribution >= 4 is 11.6 Å². The number of hydrazine groups is 1. The van der Waals surface area contributed by atoms with Gasteiger partial charge in [0, 0.05) is 0 Å². The Labute approximate surface area is 128 Å². The van der Waals surface area contributed by atoms with Crippen LogP contribution in [0, 0.1) is 23.3 Å². The van der Waals surface area contributed by atoms with Crippen molar-refractivity contribution in [2.75, 3.05) is 5.43 Å². The van der Waals surface area contributed by atoms with Gasteiger partial charge in [-0.25, -0.2) is 17.6 Å². The highest BCUT2D eigenvalue weighted by molar-refractivity contribution is 5.78. The summed E-state index contributed by atoms with van der Waals surface area (Å²) < 4.78 is 52.1. The lowest BCUT2D eigenvalue weighted by molar-refractivity contribution is -0.122. The quantitative estimate of drug-likeness (QED) is 0.449. The molecule has 23 heavy (non-hydrogen) atoms. The summed E-state index contributed by atoms with van der Waals surface area (Å²) in [6, 6.07) is 6.65. The highest BCUT2D eigenvalue weighted by atomic mass is 19.2. The van der Waals surface area contributed by atoms with Crippen molar-refractivity contribution in [2.24, 2.45) is 0 Å². The fourth-order valence-corrected chi connectivity index (χ4v) is 1.82. The van der Waals surface area contributed by atoms with E-state index in [1.165, 1.54) is 18.2 Å². The van der Waals surface area contributed by atoms with Crippen LogP contribution < -0.4 is 10.9 Å². The second kappa shape index (κ2) is 7.10. The molecule has 0 saturated carbocycles. The van der Waals surface area contributed by atoms with E-state index in [1.807, 2.05) is 5.43 Å². The fraction of sp³-hybridized carbons (Fsp3) is 0.133. The van der Waals surface area contributed by atoms with Crippen LogP contribution in [0.25, 0.3) is 0 Å². The number of carbonyl (C=O) groups is 1. The maximum absolute atomic E-state index is 13.4. The predicted octanol–water partition coefficient (Wildman–Crippen LogP) is 2.81. The molecule has 122 valence electrons. The number of hydrogen-bond donors (Lipinski definition) is 3. The lowest BCUT2D eigenvalue weighted by Crippen LogP contribution is -2.31. The van der Waals surface area contributed by atoms with Gasteiger partial charge in [-0.05, 0) is 29.8 Å². The summed E-state index contributed by atoms with van der Waals surface area (Å²) in [4.78, 5) is 11.6.